The Kier molecular flexibility index (Phi) is 3.92. The quantitative estimate of drug-likeness (QED) is 0.808. The minimum atomic E-state index is -1.14. The Bertz CT molecular complexity index is 895. The summed E-state index contributed by atoms with van der Waals surface area (Å²) in [7, 11) is 0. The Balaban J connectivity index is 1.99. The van der Waals surface area contributed by atoms with Gasteiger partial charge in [-0.1, -0.05) is 29.8 Å². The number of benzene rings is 2. The van der Waals surface area contributed by atoms with Crippen LogP contribution in [0.2, 0.25) is 5.02 Å². The standard InChI is InChI=1S/C16H12ClFN2O2/c17-10-5-6-14-12(7-10)16(22)20(9-19-14)8-15(21)11-3-1-2-4-13(11)18/h1-7,9,15,21H,8H2. The molecule has 4 nitrogen and oxygen atoms in total. The molecule has 1 aromatic heterocycles. The van der Waals surface area contributed by atoms with E-state index in [0.717, 1.165) is 0 Å². The minimum Gasteiger partial charge on any atom is -0.386 e. The lowest BCUT2D eigenvalue weighted by atomic mass is 10.1. The molecule has 1 N–H and O–H groups in total. The largest absolute Gasteiger partial charge is 0.386 e. The number of nitrogens with zero attached hydrogens (tertiary/aromatic N) is 2. The van der Waals surface area contributed by atoms with Crippen molar-refractivity contribution in [3.8, 4) is 0 Å². The lowest BCUT2D eigenvalue weighted by Crippen LogP contribution is -2.24. The summed E-state index contributed by atoms with van der Waals surface area (Å²) in [5.74, 6) is -0.514. The van der Waals surface area contributed by atoms with Gasteiger partial charge >= 0.3 is 0 Å². The highest BCUT2D eigenvalue weighted by atomic mass is 35.5. The lowest BCUT2D eigenvalue weighted by molar-refractivity contribution is 0.150. The second kappa shape index (κ2) is 5.87. The van der Waals surface area contributed by atoms with Gasteiger partial charge in [-0.2, -0.15) is 0 Å². The fraction of sp³-hybridized carbons (Fsp3) is 0.125. The molecule has 0 spiro atoms. The molecule has 2 aromatic carbocycles. The van der Waals surface area contributed by atoms with Crippen LogP contribution >= 0.6 is 11.6 Å². The van der Waals surface area contributed by atoms with Gasteiger partial charge < -0.3 is 5.11 Å². The van der Waals surface area contributed by atoms with Crippen molar-refractivity contribution in [2.45, 2.75) is 12.6 Å². The molecule has 1 heterocycles. The first-order valence-electron chi connectivity index (χ1n) is 6.63. The highest BCUT2D eigenvalue weighted by Gasteiger charge is 2.14. The van der Waals surface area contributed by atoms with Crippen LogP contribution < -0.4 is 5.56 Å². The molecule has 0 saturated heterocycles. The molecule has 3 aromatic rings. The van der Waals surface area contributed by atoms with Gasteiger partial charge in [0, 0.05) is 10.6 Å². The number of hydrogen-bond donors (Lipinski definition) is 1. The average molecular weight is 319 g/mol. The van der Waals surface area contributed by atoms with Gasteiger partial charge in [-0.3, -0.25) is 9.36 Å². The van der Waals surface area contributed by atoms with Gasteiger partial charge in [0.25, 0.3) is 5.56 Å². The highest BCUT2D eigenvalue weighted by molar-refractivity contribution is 6.31. The van der Waals surface area contributed by atoms with E-state index in [-0.39, 0.29) is 17.7 Å². The minimum absolute atomic E-state index is 0.0881. The molecule has 0 aliphatic carbocycles. The van der Waals surface area contributed by atoms with Gasteiger partial charge in [0.1, 0.15) is 5.82 Å². The zero-order valence-electron chi connectivity index (χ0n) is 11.4. The van der Waals surface area contributed by atoms with Crippen LogP contribution in [0, 0.1) is 5.82 Å². The second-order valence-electron chi connectivity index (χ2n) is 4.90. The first-order valence-corrected chi connectivity index (χ1v) is 7.01. The van der Waals surface area contributed by atoms with E-state index in [4.69, 9.17) is 11.6 Å². The molecule has 1 atom stereocenters. The van der Waals surface area contributed by atoms with Gasteiger partial charge in [0.15, 0.2) is 0 Å². The molecule has 3 rings (SSSR count). The first-order chi connectivity index (χ1) is 10.6. The third kappa shape index (κ3) is 2.73. The second-order valence-corrected chi connectivity index (χ2v) is 5.34. The monoisotopic (exact) mass is 318 g/mol. The van der Waals surface area contributed by atoms with Crippen molar-refractivity contribution in [3.05, 3.63) is 75.5 Å². The Morgan fingerprint density at radius 1 is 1.27 bits per heavy atom. The van der Waals surface area contributed by atoms with Gasteiger partial charge in [-0.15, -0.1) is 0 Å². The van der Waals surface area contributed by atoms with E-state index in [1.165, 1.54) is 35.2 Å². The molecule has 0 bridgehead atoms. The Morgan fingerprint density at radius 3 is 2.82 bits per heavy atom. The van der Waals surface area contributed by atoms with E-state index in [1.807, 2.05) is 0 Å². The van der Waals surface area contributed by atoms with Crippen molar-refractivity contribution >= 4 is 22.5 Å². The van der Waals surface area contributed by atoms with E-state index < -0.39 is 11.9 Å². The molecular weight excluding hydrogens is 307 g/mol. The number of rotatable bonds is 3. The summed E-state index contributed by atoms with van der Waals surface area (Å²) in [5.41, 5.74) is 0.328. The normalized spacial score (nSPS) is 12.5. The molecule has 112 valence electrons. The molecule has 0 saturated carbocycles. The van der Waals surface area contributed by atoms with E-state index in [9.17, 15) is 14.3 Å². The molecular formula is C16H12ClFN2O2. The molecule has 0 amide bonds. The van der Waals surface area contributed by atoms with Crippen molar-refractivity contribution in [1.82, 2.24) is 9.55 Å². The summed E-state index contributed by atoms with van der Waals surface area (Å²) < 4.78 is 14.9. The van der Waals surface area contributed by atoms with Crippen LogP contribution in [0.25, 0.3) is 10.9 Å². The fourth-order valence-electron chi connectivity index (χ4n) is 2.29. The van der Waals surface area contributed by atoms with Crippen LogP contribution in [0.1, 0.15) is 11.7 Å². The number of aromatic nitrogens is 2. The zero-order valence-corrected chi connectivity index (χ0v) is 12.2. The number of halogens is 2. The molecule has 0 aliphatic rings. The summed E-state index contributed by atoms with van der Waals surface area (Å²) >= 11 is 5.89. The Morgan fingerprint density at radius 2 is 2.05 bits per heavy atom. The van der Waals surface area contributed by atoms with Gasteiger partial charge in [0.05, 0.1) is 29.9 Å². The Labute approximate surface area is 130 Å². The molecule has 0 fully saturated rings. The maximum atomic E-state index is 13.7. The first kappa shape index (κ1) is 14.7. The van der Waals surface area contributed by atoms with Crippen molar-refractivity contribution in [2.75, 3.05) is 0 Å². The number of fused-ring (bicyclic) bond motifs is 1. The van der Waals surface area contributed by atoms with Crippen LogP contribution in [0.5, 0.6) is 0 Å². The average Bonchev–Trinajstić information content (AvgIpc) is 2.51. The summed E-state index contributed by atoms with van der Waals surface area (Å²) in [4.78, 5) is 16.5. The summed E-state index contributed by atoms with van der Waals surface area (Å²) in [6.07, 6.45) is 0.195. The highest BCUT2D eigenvalue weighted by Crippen LogP contribution is 2.19. The van der Waals surface area contributed by atoms with E-state index in [0.29, 0.717) is 15.9 Å². The summed E-state index contributed by atoms with van der Waals surface area (Å²) in [5, 5.41) is 10.9. The molecule has 0 radical (unpaired) electrons. The lowest BCUT2D eigenvalue weighted by Gasteiger charge is -2.14. The van der Waals surface area contributed by atoms with Crippen molar-refractivity contribution in [1.29, 1.82) is 0 Å². The van der Waals surface area contributed by atoms with Crippen LogP contribution in [0.4, 0.5) is 4.39 Å². The fourth-order valence-corrected chi connectivity index (χ4v) is 2.46. The van der Waals surface area contributed by atoms with Crippen LogP contribution in [0.3, 0.4) is 0 Å². The van der Waals surface area contributed by atoms with Crippen LogP contribution in [0.15, 0.2) is 53.6 Å². The van der Waals surface area contributed by atoms with E-state index in [1.54, 1.807) is 18.2 Å². The van der Waals surface area contributed by atoms with Crippen molar-refractivity contribution in [2.24, 2.45) is 0 Å². The molecule has 6 heteroatoms. The topological polar surface area (TPSA) is 55.1 Å². The number of aliphatic hydroxyl groups excluding tert-OH is 1. The summed E-state index contributed by atoms with van der Waals surface area (Å²) in [6.45, 7) is -0.0881. The maximum absolute atomic E-state index is 13.7. The van der Waals surface area contributed by atoms with Crippen LogP contribution in [-0.2, 0) is 6.54 Å². The Hall–Kier alpha value is -2.24. The predicted molar refractivity (Wildman–Crippen MR) is 82.4 cm³/mol. The van der Waals surface area contributed by atoms with E-state index >= 15 is 0 Å². The third-order valence-corrected chi connectivity index (χ3v) is 3.66. The van der Waals surface area contributed by atoms with Gasteiger partial charge in [0.2, 0.25) is 0 Å². The van der Waals surface area contributed by atoms with Gasteiger partial charge in [-0.05, 0) is 24.3 Å². The SMILES string of the molecule is O=c1c2cc(Cl)ccc2ncn1CC(O)c1ccccc1F. The molecule has 22 heavy (non-hydrogen) atoms. The van der Waals surface area contributed by atoms with Crippen molar-refractivity contribution < 1.29 is 9.50 Å². The van der Waals surface area contributed by atoms with Crippen LogP contribution in [-0.4, -0.2) is 14.7 Å². The maximum Gasteiger partial charge on any atom is 0.261 e. The zero-order chi connectivity index (χ0) is 15.7. The van der Waals surface area contributed by atoms with E-state index in [2.05, 4.69) is 4.98 Å². The smallest absolute Gasteiger partial charge is 0.261 e. The summed E-state index contributed by atoms with van der Waals surface area (Å²) in [6, 6.07) is 10.7. The number of hydrogen-bond acceptors (Lipinski definition) is 3. The van der Waals surface area contributed by atoms with Gasteiger partial charge in [-0.25, -0.2) is 9.37 Å². The number of aliphatic hydroxyl groups is 1. The van der Waals surface area contributed by atoms with Crippen molar-refractivity contribution in [3.63, 3.8) is 0 Å². The third-order valence-electron chi connectivity index (χ3n) is 3.42. The molecule has 0 aliphatic heterocycles. The predicted octanol–water partition coefficient (Wildman–Crippen LogP) is 2.92. The molecule has 1 unspecified atom stereocenters.